The standard InChI is InChI=1S/C42H79N3O8/c1-5-9-13-15-20-39(18-11-7-3)34-50-37-48-30-32-52-41(46)22-27-44(25-17-26-45-29-24-43-36-45)28-23-42(47)53-33-31-49-38-51-35-40(19-12-8-4)21-16-14-10-6-2/h24,29,36,39-40H,5-23,25-28,30-35,37-38H2,1-4H3. The van der Waals surface area contributed by atoms with Crippen molar-refractivity contribution in [3.05, 3.63) is 18.7 Å². The Morgan fingerprint density at radius 2 is 1.08 bits per heavy atom. The molecule has 11 nitrogen and oxygen atoms in total. The lowest BCUT2D eigenvalue weighted by molar-refractivity contribution is -0.148. The average Bonchev–Trinajstić information content (AvgIpc) is 3.69. The summed E-state index contributed by atoms with van der Waals surface area (Å²) in [5.74, 6) is 0.604. The first kappa shape index (κ1) is 49.0. The number of carbonyl (C=O) groups excluding carboxylic acids is 2. The van der Waals surface area contributed by atoms with Crippen molar-refractivity contribution in [2.75, 3.05) is 72.9 Å². The Labute approximate surface area is 323 Å². The summed E-state index contributed by atoms with van der Waals surface area (Å²) in [5.41, 5.74) is 0. The van der Waals surface area contributed by atoms with Crippen LogP contribution in [0.15, 0.2) is 18.7 Å². The number of imidazole rings is 1. The van der Waals surface area contributed by atoms with E-state index in [0.29, 0.717) is 38.1 Å². The maximum atomic E-state index is 12.5. The molecule has 1 heterocycles. The number of hydrogen-bond acceptors (Lipinski definition) is 10. The number of rotatable bonds is 40. The summed E-state index contributed by atoms with van der Waals surface area (Å²) in [7, 11) is 0. The molecule has 310 valence electrons. The lowest BCUT2D eigenvalue weighted by Crippen LogP contribution is -2.31. The number of nitrogens with zero attached hydrogens (tertiary/aromatic N) is 3. The van der Waals surface area contributed by atoms with Gasteiger partial charge in [0, 0.05) is 32.0 Å². The molecule has 2 atom stereocenters. The van der Waals surface area contributed by atoms with Crippen LogP contribution in [0.25, 0.3) is 0 Å². The molecule has 53 heavy (non-hydrogen) atoms. The number of aryl methyl sites for hydroxylation is 1. The fourth-order valence-electron chi connectivity index (χ4n) is 6.30. The van der Waals surface area contributed by atoms with E-state index in [1.807, 2.05) is 10.8 Å². The first-order valence-corrected chi connectivity index (χ1v) is 21.3. The van der Waals surface area contributed by atoms with E-state index in [9.17, 15) is 9.59 Å². The van der Waals surface area contributed by atoms with E-state index >= 15 is 0 Å². The van der Waals surface area contributed by atoms with Gasteiger partial charge in [0.25, 0.3) is 0 Å². The Balaban J connectivity index is 2.28. The van der Waals surface area contributed by atoms with Gasteiger partial charge in [-0.2, -0.15) is 0 Å². The molecule has 0 aliphatic carbocycles. The summed E-state index contributed by atoms with van der Waals surface area (Å²) >= 11 is 0. The summed E-state index contributed by atoms with van der Waals surface area (Å²) in [6.45, 7) is 14.3. The first-order chi connectivity index (χ1) is 26.0. The largest absolute Gasteiger partial charge is 0.463 e. The zero-order valence-electron chi connectivity index (χ0n) is 34.4. The van der Waals surface area contributed by atoms with Gasteiger partial charge in [-0.3, -0.25) is 9.59 Å². The topological polar surface area (TPSA) is 111 Å². The molecule has 1 aromatic heterocycles. The Bertz CT molecular complexity index is 881. The number of ether oxygens (including phenoxy) is 6. The van der Waals surface area contributed by atoms with Gasteiger partial charge in [0.05, 0.1) is 45.6 Å². The van der Waals surface area contributed by atoms with E-state index < -0.39 is 0 Å². The molecule has 0 spiro atoms. The molecular weight excluding hydrogens is 674 g/mol. The van der Waals surface area contributed by atoms with Gasteiger partial charge in [0.2, 0.25) is 0 Å². The normalized spacial score (nSPS) is 12.7. The minimum Gasteiger partial charge on any atom is -0.463 e. The molecule has 2 unspecified atom stereocenters. The summed E-state index contributed by atoms with van der Waals surface area (Å²) < 4.78 is 35.6. The van der Waals surface area contributed by atoms with Gasteiger partial charge in [0.1, 0.15) is 26.8 Å². The smallest absolute Gasteiger partial charge is 0.307 e. The molecule has 0 saturated heterocycles. The summed E-state index contributed by atoms with van der Waals surface area (Å²) in [4.78, 5) is 31.2. The molecule has 1 rings (SSSR count). The van der Waals surface area contributed by atoms with Crippen molar-refractivity contribution in [2.24, 2.45) is 11.8 Å². The van der Waals surface area contributed by atoms with Crippen LogP contribution in [-0.4, -0.2) is 99.3 Å². The van der Waals surface area contributed by atoms with Crippen LogP contribution in [0.3, 0.4) is 0 Å². The fraction of sp³-hybridized carbons (Fsp3) is 0.881. The van der Waals surface area contributed by atoms with Gasteiger partial charge in [-0.1, -0.05) is 105 Å². The minimum absolute atomic E-state index is 0.191. The highest BCUT2D eigenvalue weighted by Crippen LogP contribution is 2.19. The van der Waals surface area contributed by atoms with Crippen LogP contribution in [0.4, 0.5) is 0 Å². The third-order valence-electron chi connectivity index (χ3n) is 9.60. The predicted octanol–water partition coefficient (Wildman–Crippen LogP) is 8.98. The Morgan fingerprint density at radius 1 is 0.585 bits per heavy atom. The Kier molecular flexibility index (Phi) is 34.1. The molecule has 0 amide bonds. The zero-order valence-corrected chi connectivity index (χ0v) is 34.4. The van der Waals surface area contributed by atoms with Crippen LogP contribution in [-0.2, 0) is 44.6 Å². The van der Waals surface area contributed by atoms with E-state index in [4.69, 9.17) is 28.4 Å². The van der Waals surface area contributed by atoms with Crippen molar-refractivity contribution >= 4 is 11.9 Å². The van der Waals surface area contributed by atoms with E-state index in [0.717, 1.165) is 32.7 Å². The van der Waals surface area contributed by atoms with Gasteiger partial charge in [-0.05, 0) is 50.5 Å². The van der Waals surface area contributed by atoms with E-state index in [2.05, 4.69) is 37.6 Å². The molecule has 0 aliphatic heterocycles. The number of hydrogen-bond donors (Lipinski definition) is 0. The number of esters is 2. The molecular formula is C42H79N3O8. The van der Waals surface area contributed by atoms with Crippen LogP contribution in [0.1, 0.15) is 150 Å². The third-order valence-corrected chi connectivity index (χ3v) is 9.60. The molecule has 11 heteroatoms. The second-order valence-electron chi connectivity index (χ2n) is 14.4. The van der Waals surface area contributed by atoms with E-state index in [1.165, 1.54) is 103 Å². The average molecular weight is 754 g/mol. The SMILES string of the molecule is CCCCCCC(CCCC)COCOCCOC(=O)CCN(CCCn1ccnc1)CCC(=O)OCCOCOCC(CCCC)CCCCCC. The second-order valence-corrected chi connectivity index (χ2v) is 14.4. The van der Waals surface area contributed by atoms with Gasteiger partial charge in [0.15, 0.2) is 0 Å². The lowest BCUT2D eigenvalue weighted by Gasteiger charge is -2.21. The molecule has 0 bridgehead atoms. The molecule has 0 aliphatic rings. The number of carbonyl (C=O) groups is 2. The van der Waals surface area contributed by atoms with Crippen LogP contribution in [0.5, 0.6) is 0 Å². The number of unbranched alkanes of at least 4 members (excludes halogenated alkanes) is 8. The third kappa shape index (κ3) is 30.9. The molecule has 0 radical (unpaired) electrons. The van der Waals surface area contributed by atoms with Gasteiger partial charge >= 0.3 is 11.9 Å². The highest BCUT2D eigenvalue weighted by Gasteiger charge is 2.14. The Morgan fingerprint density at radius 3 is 1.53 bits per heavy atom. The van der Waals surface area contributed by atoms with Gasteiger partial charge in [-0.15, -0.1) is 0 Å². The Hall–Kier alpha value is -2.05. The summed E-state index contributed by atoms with van der Waals surface area (Å²) in [5, 5.41) is 0. The molecule has 0 N–H and O–H groups in total. The highest BCUT2D eigenvalue weighted by molar-refractivity contribution is 5.70. The van der Waals surface area contributed by atoms with Crippen molar-refractivity contribution in [1.29, 1.82) is 0 Å². The van der Waals surface area contributed by atoms with Crippen molar-refractivity contribution in [3.63, 3.8) is 0 Å². The van der Waals surface area contributed by atoms with Gasteiger partial charge < -0.3 is 37.9 Å². The van der Waals surface area contributed by atoms with Crippen LogP contribution >= 0.6 is 0 Å². The lowest BCUT2D eigenvalue weighted by atomic mass is 9.96. The quantitative estimate of drug-likeness (QED) is 0.0366. The van der Waals surface area contributed by atoms with Crippen molar-refractivity contribution in [3.8, 4) is 0 Å². The zero-order chi connectivity index (χ0) is 38.5. The first-order valence-electron chi connectivity index (χ1n) is 21.3. The van der Waals surface area contributed by atoms with E-state index in [-0.39, 0.29) is 51.6 Å². The van der Waals surface area contributed by atoms with Crippen LogP contribution < -0.4 is 0 Å². The minimum atomic E-state index is -0.282. The maximum absolute atomic E-state index is 12.5. The number of aromatic nitrogens is 2. The highest BCUT2D eigenvalue weighted by atomic mass is 16.7. The van der Waals surface area contributed by atoms with Crippen molar-refractivity contribution < 1.29 is 38.0 Å². The van der Waals surface area contributed by atoms with Crippen molar-refractivity contribution in [2.45, 2.75) is 156 Å². The predicted molar refractivity (Wildman–Crippen MR) is 212 cm³/mol. The molecule has 0 aromatic carbocycles. The molecule has 0 fully saturated rings. The van der Waals surface area contributed by atoms with Crippen LogP contribution in [0, 0.1) is 11.8 Å². The van der Waals surface area contributed by atoms with Crippen molar-refractivity contribution in [1.82, 2.24) is 14.5 Å². The van der Waals surface area contributed by atoms with Gasteiger partial charge in [-0.25, -0.2) is 4.98 Å². The maximum Gasteiger partial charge on any atom is 0.307 e. The molecule has 0 saturated carbocycles. The summed E-state index contributed by atoms with van der Waals surface area (Å²) in [6.07, 6.45) is 26.7. The van der Waals surface area contributed by atoms with E-state index in [1.54, 1.807) is 12.5 Å². The monoisotopic (exact) mass is 754 g/mol. The molecule has 1 aromatic rings. The second kappa shape index (κ2) is 36.9. The van der Waals surface area contributed by atoms with Crippen LogP contribution in [0.2, 0.25) is 0 Å². The fourth-order valence-corrected chi connectivity index (χ4v) is 6.30. The summed E-state index contributed by atoms with van der Waals surface area (Å²) in [6, 6.07) is 0.